The summed E-state index contributed by atoms with van der Waals surface area (Å²) < 4.78 is 12.7. The lowest BCUT2D eigenvalue weighted by Crippen LogP contribution is -2.50. The quantitative estimate of drug-likeness (QED) is 0.815. The first-order chi connectivity index (χ1) is 10.8. The Morgan fingerprint density at radius 1 is 1.45 bits per heavy atom. The van der Waals surface area contributed by atoms with Crippen LogP contribution in [0.1, 0.15) is 30.7 Å². The van der Waals surface area contributed by atoms with E-state index < -0.39 is 0 Å². The number of morpholine rings is 1. The van der Waals surface area contributed by atoms with Gasteiger partial charge in [-0.1, -0.05) is 0 Å². The number of hydrogen-bond acceptors (Lipinski definition) is 4. The normalized spacial score (nSPS) is 21.7. The highest BCUT2D eigenvalue weighted by atomic mass is 16.5. The number of methoxy groups -OCH3 is 1. The average molecular weight is 307 g/mol. The van der Waals surface area contributed by atoms with Gasteiger partial charge in [-0.25, -0.2) is 4.98 Å². The Labute approximate surface area is 131 Å². The lowest BCUT2D eigenvalue weighted by Gasteiger charge is -2.35. The molecule has 122 valence electrons. The number of carbonyl (C=O) groups is 1. The number of hydrogen-bond donors (Lipinski definition) is 0. The molecule has 0 saturated carbocycles. The summed E-state index contributed by atoms with van der Waals surface area (Å²) in [6.45, 7) is 2.95. The number of aryl methyl sites for hydroxylation is 1. The SMILES string of the molecule is COCCC1COCCN1C(=O)Cn1cnc2c1CCCC2. The fourth-order valence-corrected chi connectivity index (χ4v) is 3.38. The first-order valence-corrected chi connectivity index (χ1v) is 8.18. The highest BCUT2D eigenvalue weighted by Gasteiger charge is 2.28. The first-order valence-electron chi connectivity index (χ1n) is 8.18. The lowest BCUT2D eigenvalue weighted by molar-refractivity contribution is -0.141. The van der Waals surface area contributed by atoms with Crippen LogP contribution in [0.15, 0.2) is 6.33 Å². The third kappa shape index (κ3) is 3.33. The van der Waals surface area contributed by atoms with Crippen molar-refractivity contribution in [3.8, 4) is 0 Å². The molecular weight excluding hydrogens is 282 g/mol. The maximum atomic E-state index is 12.7. The molecule has 1 amide bonds. The van der Waals surface area contributed by atoms with E-state index in [0.717, 1.165) is 19.3 Å². The minimum absolute atomic E-state index is 0.126. The van der Waals surface area contributed by atoms with E-state index in [1.165, 1.54) is 24.2 Å². The molecule has 0 radical (unpaired) electrons. The highest BCUT2D eigenvalue weighted by Crippen LogP contribution is 2.20. The molecule has 6 heteroatoms. The number of carbonyl (C=O) groups excluding carboxylic acids is 1. The predicted octanol–water partition coefficient (Wildman–Crippen LogP) is 1.03. The third-order valence-corrected chi connectivity index (χ3v) is 4.62. The van der Waals surface area contributed by atoms with Crippen molar-refractivity contribution in [3.63, 3.8) is 0 Å². The van der Waals surface area contributed by atoms with Gasteiger partial charge < -0.3 is 18.9 Å². The zero-order valence-corrected chi connectivity index (χ0v) is 13.3. The zero-order chi connectivity index (χ0) is 15.4. The summed E-state index contributed by atoms with van der Waals surface area (Å²) in [5.74, 6) is 0.162. The molecule has 1 aromatic rings. The molecule has 0 aromatic carbocycles. The van der Waals surface area contributed by atoms with Crippen LogP contribution in [0.4, 0.5) is 0 Å². The minimum atomic E-state index is 0.126. The van der Waals surface area contributed by atoms with Gasteiger partial charge in [0.15, 0.2) is 0 Å². The van der Waals surface area contributed by atoms with Crippen LogP contribution in [-0.4, -0.2) is 59.9 Å². The third-order valence-electron chi connectivity index (χ3n) is 4.62. The molecule has 0 bridgehead atoms. The van der Waals surface area contributed by atoms with Crippen LogP contribution in [0.3, 0.4) is 0 Å². The highest BCUT2D eigenvalue weighted by molar-refractivity contribution is 5.76. The Bertz CT molecular complexity index is 515. The minimum Gasteiger partial charge on any atom is -0.385 e. The van der Waals surface area contributed by atoms with E-state index in [9.17, 15) is 4.79 Å². The van der Waals surface area contributed by atoms with Crippen molar-refractivity contribution in [2.75, 3.05) is 33.5 Å². The van der Waals surface area contributed by atoms with Gasteiger partial charge >= 0.3 is 0 Å². The molecular formula is C16H25N3O3. The summed E-state index contributed by atoms with van der Waals surface area (Å²) in [6, 6.07) is 0.126. The Kier molecular flexibility index (Phi) is 5.10. The summed E-state index contributed by atoms with van der Waals surface area (Å²) in [6.07, 6.45) is 7.15. The fourth-order valence-electron chi connectivity index (χ4n) is 3.38. The standard InChI is InChI=1S/C16H25N3O3/c1-21-8-6-13-11-22-9-7-19(13)16(20)10-18-12-17-14-4-2-3-5-15(14)18/h12-13H,2-11H2,1H3. The van der Waals surface area contributed by atoms with E-state index in [4.69, 9.17) is 9.47 Å². The fraction of sp³-hybridized carbons (Fsp3) is 0.750. The second-order valence-corrected chi connectivity index (χ2v) is 6.07. The van der Waals surface area contributed by atoms with Crippen LogP contribution in [0.2, 0.25) is 0 Å². The van der Waals surface area contributed by atoms with Gasteiger partial charge in [0.25, 0.3) is 0 Å². The van der Waals surface area contributed by atoms with Crippen LogP contribution >= 0.6 is 0 Å². The second kappa shape index (κ2) is 7.24. The van der Waals surface area contributed by atoms with E-state index >= 15 is 0 Å². The Morgan fingerprint density at radius 3 is 3.18 bits per heavy atom. The van der Waals surface area contributed by atoms with E-state index in [1.54, 1.807) is 7.11 Å². The van der Waals surface area contributed by atoms with E-state index in [1.807, 2.05) is 15.8 Å². The van der Waals surface area contributed by atoms with Crippen molar-refractivity contribution in [3.05, 3.63) is 17.7 Å². The van der Waals surface area contributed by atoms with Gasteiger partial charge in [0.05, 0.1) is 31.3 Å². The van der Waals surface area contributed by atoms with Gasteiger partial charge in [-0.3, -0.25) is 4.79 Å². The largest absolute Gasteiger partial charge is 0.385 e. The molecule has 1 atom stereocenters. The van der Waals surface area contributed by atoms with Gasteiger partial charge in [0, 0.05) is 26.0 Å². The molecule has 1 aliphatic heterocycles. The number of ether oxygens (including phenoxy) is 2. The molecule has 1 aromatic heterocycles. The van der Waals surface area contributed by atoms with Crippen LogP contribution in [0, 0.1) is 0 Å². The summed E-state index contributed by atoms with van der Waals surface area (Å²) in [4.78, 5) is 19.1. The van der Waals surface area contributed by atoms with Gasteiger partial charge in [0.2, 0.25) is 5.91 Å². The van der Waals surface area contributed by atoms with Crippen molar-refractivity contribution in [1.29, 1.82) is 0 Å². The number of imidazole rings is 1. The Hall–Kier alpha value is -1.40. The second-order valence-electron chi connectivity index (χ2n) is 6.07. The van der Waals surface area contributed by atoms with Crippen LogP contribution < -0.4 is 0 Å². The number of amides is 1. The van der Waals surface area contributed by atoms with E-state index in [0.29, 0.717) is 32.9 Å². The topological polar surface area (TPSA) is 56.6 Å². The van der Waals surface area contributed by atoms with Crippen LogP contribution in [0.25, 0.3) is 0 Å². The molecule has 0 spiro atoms. The molecule has 1 unspecified atom stereocenters. The van der Waals surface area contributed by atoms with Crippen molar-refractivity contribution in [2.45, 2.75) is 44.7 Å². The van der Waals surface area contributed by atoms with E-state index in [2.05, 4.69) is 4.98 Å². The molecule has 22 heavy (non-hydrogen) atoms. The molecule has 2 aliphatic rings. The number of nitrogens with zero attached hydrogens (tertiary/aromatic N) is 3. The molecule has 0 N–H and O–H groups in total. The van der Waals surface area contributed by atoms with Gasteiger partial charge in [-0.05, 0) is 32.1 Å². The van der Waals surface area contributed by atoms with Crippen molar-refractivity contribution in [2.24, 2.45) is 0 Å². The van der Waals surface area contributed by atoms with Crippen LogP contribution in [0.5, 0.6) is 0 Å². The van der Waals surface area contributed by atoms with Gasteiger partial charge in [0.1, 0.15) is 6.54 Å². The predicted molar refractivity (Wildman–Crippen MR) is 81.7 cm³/mol. The number of aromatic nitrogens is 2. The van der Waals surface area contributed by atoms with Gasteiger partial charge in [-0.2, -0.15) is 0 Å². The summed E-state index contributed by atoms with van der Waals surface area (Å²) >= 11 is 0. The smallest absolute Gasteiger partial charge is 0.242 e. The average Bonchev–Trinajstić information content (AvgIpc) is 2.96. The molecule has 3 rings (SSSR count). The Morgan fingerprint density at radius 2 is 2.32 bits per heavy atom. The molecule has 2 heterocycles. The maximum Gasteiger partial charge on any atom is 0.242 e. The zero-order valence-electron chi connectivity index (χ0n) is 13.3. The first kappa shape index (κ1) is 15.5. The van der Waals surface area contributed by atoms with E-state index in [-0.39, 0.29) is 11.9 Å². The number of rotatable bonds is 5. The lowest BCUT2D eigenvalue weighted by atomic mass is 10.0. The van der Waals surface area contributed by atoms with Crippen molar-refractivity contribution in [1.82, 2.24) is 14.5 Å². The summed E-state index contributed by atoms with van der Waals surface area (Å²) in [7, 11) is 1.69. The van der Waals surface area contributed by atoms with Crippen molar-refractivity contribution < 1.29 is 14.3 Å². The molecule has 1 aliphatic carbocycles. The summed E-state index contributed by atoms with van der Waals surface area (Å²) in [5, 5.41) is 0. The Balaban J connectivity index is 1.66. The monoisotopic (exact) mass is 307 g/mol. The summed E-state index contributed by atoms with van der Waals surface area (Å²) in [5.41, 5.74) is 2.43. The molecule has 1 saturated heterocycles. The van der Waals surface area contributed by atoms with Crippen LogP contribution in [-0.2, 0) is 33.7 Å². The maximum absolute atomic E-state index is 12.7. The molecule has 1 fully saturated rings. The molecule has 6 nitrogen and oxygen atoms in total. The number of fused-ring (bicyclic) bond motifs is 1. The van der Waals surface area contributed by atoms with Gasteiger partial charge in [-0.15, -0.1) is 0 Å². The van der Waals surface area contributed by atoms with Crippen molar-refractivity contribution >= 4 is 5.91 Å².